The minimum Gasteiger partial charge on any atom is -0.493 e. The van der Waals surface area contributed by atoms with E-state index in [4.69, 9.17) is 9.57 Å². The largest absolute Gasteiger partial charge is 0.493 e. The van der Waals surface area contributed by atoms with Gasteiger partial charge in [0.15, 0.2) is 0 Å². The van der Waals surface area contributed by atoms with E-state index in [0.717, 1.165) is 42.4 Å². The molecule has 2 heterocycles. The number of hydrogen-bond acceptors (Lipinski definition) is 7. The van der Waals surface area contributed by atoms with Crippen molar-refractivity contribution < 1.29 is 32.7 Å². The first-order valence-corrected chi connectivity index (χ1v) is 14.1. The fraction of sp³-hybridized carbons (Fsp3) is 0.667. The molecule has 0 bridgehead atoms. The highest BCUT2D eigenvalue weighted by Crippen LogP contribution is 2.41. The summed E-state index contributed by atoms with van der Waals surface area (Å²) in [7, 11) is -3.42. The average Bonchev–Trinajstić information content (AvgIpc) is 3.40. The van der Waals surface area contributed by atoms with Gasteiger partial charge >= 0.3 is 5.97 Å². The molecular formula is C24H37N3O7S. The maximum atomic E-state index is 13.1. The molecule has 1 aromatic rings. The van der Waals surface area contributed by atoms with Gasteiger partial charge < -0.3 is 9.84 Å². The Morgan fingerprint density at radius 1 is 1.29 bits per heavy atom. The van der Waals surface area contributed by atoms with Crippen LogP contribution in [0.4, 0.5) is 0 Å². The van der Waals surface area contributed by atoms with Gasteiger partial charge in [-0.05, 0) is 36.5 Å². The maximum absolute atomic E-state index is 13.1. The fourth-order valence-corrected chi connectivity index (χ4v) is 5.43. The average molecular weight is 512 g/mol. The number of amides is 1. The molecule has 35 heavy (non-hydrogen) atoms. The van der Waals surface area contributed by atoms with Crippen LogP contribution in [0.2, 0.25) is 0 Å². The second-order valence-corrected chi connectivity index (χ2v) is 11.1. The van der Waals surface area contributed by atoms with Gasteiger partial charge in [0.25, 0.3) is 5.91 Å². The van der Waals surface area contributed by atoms with Gasteiger partial charge in [-0.2, -0.15) is 0 Å². The van der Waals surface area contributed by atoms with Gasteiger partial charge in [-0.3, -0.25) is 19.3 Å². The Balaban J connectivity index is 1.86. The molecule has 1 aromatic carbocycles. The summed E-state index contributed by atoms with van der Waals surface area (Å²) in [6.07, 6.45) is 3.61. The third-order valence-corrected chi connectivity index (χ3v) is 7.20. The van der Waals surface area contributed by atoms with E-state index in [0.29, 0.717) is 26.3 Å². The van der Waals surface area contributed by atoms with Crippen LogP contribution in [0.1, 0.15) is 50.2 Å². The molecular weight excluding hydrogens is 474 g/mol. The normalized spacial score (nSPS) is 22.1. The van der Waals surface area contributed by atoms with Crippen molar-refractivity contribution in [3.05, 3.63) is 29.3 Å². The smallest absolute Gasteiger partial charge is 0.308 e. The van der Waals surface area contributed by atoms with Gasteiger partial charge in [0, 0.05) is 38.0 Å². The quantitative estimate of drug-likeness (QED) is 0.383. The molecule has 3 rings (SSSR count). The number of ether oxygens (including phenoxy) is 1. The number of rotatable bonds is 13. The van der Waals surface area contributed by atoms with Crippen LogP contribution in [0.25, 0.3) is 0 Å². The number of aliphatic carboxylic acids is 1. The number of carbonyl (C=O) groups is 2. The second-order valence-electron chi connectivity index (χ2n) is 9.22. The predicted molar refractivity (Wildman–Crippen MR) is 131 cm³/mol. The molecule has 0 aromatic heterocycles. The zero-order valence-electron chi connectivity index (χ0n) is 20.7. The van der Waals surface area contributed by atoms with E-state index in [9.17, 15) is 23.1 Å². The highest BCUT2D eigenvalue weighted by molar-refractivity contribution is 7.88. The Morgan fingerprint density at radius 2 is 2.06 bits per heavy atom. The lowest BCUT2D eigenvalue weighted by atomic mass is 9.83. The van der Waals surface area contributed by atoms with E-state index in [2.05, 4.69) is 4.72 Å². The summed E-state index contributed by atoms with van der Waals surface area (Å²) in [6.45, 7) is 5.86. The number of likely N-dealkylation sites (tertiary alicyclic amines) is 1. The van der Waals surface area contributed by atoms with Gasteiger partial charge in [0.05, 0.1) is 31.9 Å². The molecule has 11 heteroatoms. The van der Waals surface area contributed by atoms with Crippen molar-refractivity contribution in [3.63, 3.8) is 0 Å². The molecule has 1 saturated heterocycles. The molecule has 10 nitrogen and oxygen atoms in total. The number of hydrogen-bond donors (Lipinski definition) is 2. The number of sulfonamides is 1. The molecule has 0 saturated carbocycles. The van der Waals surface area contributed by atoms with E-state index < -0.39 is 28.0 Å². The number of fused-ring (bicyclic) bond motifs is 1. The van der Waals surface area contributed by atoms with Crippen LogP contribution in [-0.2, 0) is 30.9 Å². The number of carbonyl (C=O) groups excluding carboxylic acids is 1. The summed E-state index contributed by atoms with van der Waals surface area (Å²) in [5.74, 6) is -1.50. The third-order valence-electron chi connectivity index (χ3n) is 6.47. The van der Waals surface area contributed by atoms with Crippen LogP contribution in [0.15, 0.2) is 18.2 Å². The Hall–Kier alpha value is -2.21. The molecule has 1 fully saturated rings. The lowest BCUT2D eigenvalue weighted by Gasteiger charge is -2.29. The van der Waals surface area contributed by atoms with Crippen molar-refractivity contribution in [1.82, 2.24) is 14.7 Å². The summed E-state index contributed by atoms with van der Waals surface area (Å²) in [5, 5.41) is 11.6. The number of benzene rings is 1. The van der Waals surface area contributed by atoms with Gasteiger partial charge in [0.1, 0.15) is 5.75 Å². The first kappa shape index (κ1) is 27.4. The molecule has 1 amide bonds. The Bertz CT molecular complexity index is 1000. The highest BCUT2D eigenvalue weighted by Gasteiger charge is 2.47. The minimum absolute atomic E-state index is 0.00158. The van der Waals surface area contributed by atoms with Gasteiger partial charge in [-0.15, -0.1) is 0 Å². The Kier molecular flexibility index (Phi) is 9.51. The molecule has 196 valence electrons. The van der Waals surface area contributed by atoms with Crippen LogP contribution in [0.3, 0.4) is 0 Å². The third kappa shape index (κ3) is 7.16. The van der Waals surface area contributed by atoms with Crippen molar-refractivity contribution in [2.45, 2.75) is 51.5 Å². The molecule has 0 radical (unpaired) electrons. The SMILES string of the molecule is CCCON(CCC)C(=O)CN1CC(c2ccc3c(c2)CCO3)C(C(=O)O)C1CCNS(C)(=O)=O. The second kappa shape index (κ2) is 12.2. The number of hydroxylamine groups is 2. The first-order valence-electron chi connectivity index (χ1n) is 12.2. The first-order chi connectivity index (χ1) is 16.6. The van der Waals surface area contributed by atoms with E-state index in [1.165, 1.54) is 5.06 Å². The van der Waals surface area contributed by atoms with E-state index in [1.54, 1.807) is 0 Å². The molecule has 3 unspecified atom stereocenters. The minimum atomic E-state index is -3.42. The summed E-state index contributed by atoms with van der Waals surface area (Å²) in [5.41, 5.74) is 1.95. The topological polar surface area (TPSA) is 125 Å². The molecule has 2 aliphatic heterocycles. The van der Waals surface area contributed by atoms with Crippen LogP contribution in [0.5, 0.6) is 5.75 Å². The zero-order chi connectivity index (χ0) is 25.6. The van der Waals surface area contributed by atoms with Gasteiger partial charge in [-0.1, -0.05) is 26.0 Å². The maximum Gasteiger partial charge on any atom is 0.308 e. The van der Waals surface area contributed by atoms with Crippen molar-refractivity contribution in [3.8, 4) is 5.75 Å². The van der Waals surface area contributed by atoms with E-state index >= 15 is 0 Å². The van der Waals surface area contributed by atoms with Crippen molar-refractivity contribution in [2.75, 3.05) is 45.6 Å². The number of nitrogens with one attached hydrogen (secondary N) is 1. The van der Waals surface area contributed by atoms with Crippen molar-refractivity contribution in [1.29, 1.82) is 0 Å². The monoisotopic (exact) mass is 511 g/mol. The van der Waals surface area contributed by atoms with Crippen LogP contribution in [-0.4, -0.2) is 87.1 Å². The lowest BCUT2D eigenvalue weighted by Crippen LogP contribution is -2.45. The number of carboxylic acids is 1. The molecule has 2 N–H and O–H groups in total. The highest BCUT2D eigenvalue weighted by atomic mass is 32.2. The Morgan fingerprint density at radius 3 is 2.71 bits per heavy atom. The number of carboxylic acid groups (broad SMARTS) is 1. The standard InChI is InChI=1S/C24H37N3O7S/c1-4-11-27(34-12-5-2)22(28)16-26-15-19(17-6-7-21-18(14-17)9-13-33-21)23(24(29)30)20(26)8-10-25-35(3,31)32/h6-7,14,19-20,23,25H,4-5,8-13,15-16H2,1-3H3,(H,29,30). The van der Waals surface area contributed by atoms with Crippen LogP contribution in [0, 0.1) is 5.92 Å². The van der Waals surface area contributed by atoms with Crippen molar-refractivity contribution >= 4 is 21.9 Å². The fourth-order valence-electron chi connectivity index (χ4n) is 4.94. The van der Waals surface area contributed by atoms with E-state index in [1.807, 2.05) is 36.9 Å². The van der Waals surface area contributed by atoms with Crippen LogP contribution < -0.4 is 9.46 Å². The van der Waals surface area contributed by atoms with E-state index in [-0.39, 0.29) is 31.3 Å². The summed E-state index contributed by atoms with van der Waals surface area (Å²) in [4.78, 5) is 33.1. The van der Waals surface area contributed by atoms with Crippen LogP contribution >= 0.6 is 0 Å². The van der Waals surface area contributed by atoms with Crippen molar-refractivity contribution in [2.24, 2.45) is 5.92 Å². The Labute approximate surface area is 207 Å². The summed E-state index contributed by atoms with van der Waals surface area (Å²) < 4.78 is 31.3. The zero-order valence-corrected chi connectivity index (χ0v) is 21.6. The predicted octanol–water partition coefficient (Wildman–Crippen LogP) is 1.61. The summed E-state index contributed by atoms with van der Waals surface area (Å²) in [6, 6.07) is 5.27. The molecule has 3 atom stereocenters. The van der Waals surface area contributed by atoms with Gasteiger partial charge in [-0.25, -0.2) is 18.2 Å². The number of nitrogens with zero attached hydrogens (tertiary/aromatic N) is 2. The van der Waals surface area contributed by atoms with Gasteiger partial charge in [0.2, 0.25) is 10.0 Å². The molecule has 0 aliphatic carbocycles. The molecule has 2 aliphatic rings. The molecule has 0 spiro atoms. The lowest BCUT2D eigenvalue weighted by molar-refractivity contribution is -0.188. The summed E-state index contributed by atoms with van der Waals surface area (Å²) >= 11 is 0.